The van der Waals surface area contributed by atoms with E-state index < -0.39 is 0 Å². The lowest BCUT2D eigenvalue weighted by atomic mass is 9.97. The standard InChI is InChI=1S/C30H36N4O2/c31-19-23-10-4-6-12-25(23)20-33-15-8-2-1-7-14-32-29(35)27-17-26(18-28(27)33)30(36)34-16-13-22-9-3-5-11-24(22)21-34/h3-6,9-12,26-28H,1-2,7-8,13-18,20-21H2,(H,32,35)/t26-,27-,28+/m1/s1. The Hall–Kier alpha value is -3.17. The van der Waals surface area contributed by atoms with Crippen molar-refractivity contribution in [2.75, 3.05) is 19.6 Å². The minimum Gasteiger partial charge on any atom is -0.356 e. The van der Waals surface area contributed by atoms with Crippen molar-refractivity contribution in [1.29, 1.82) is 5.26 Å². The van der Waals surface area contributed by atoms with Crippen LogP contribution in [0.2, 0.25) is 0 Å². The Morgan fingerprint density at radius 1 is 0.972 bits per heavy atom. The molecular formula is C30H36N4O2. The van der Waals surface area contributed by atoms with Gasteiger partial charge in [-0.1, -0.05) is 55.3 Å². The van der Waals surface area contributed by atoms with Crippen LogP contribution in [-0.4, -0.2) is 47.3 Å². The second-order valence-electron chi connectivity index (χ2n) is 10.6. The first-order chi connectivity index (χ1) is 17.6. The van der Waals surface area contributed by atoms with Gasteiger partial charge in [0.1, 0.15) is 0 Å². The van der Waals surface area contributed by atoms with Crippen molar-refractivity contribution >= 4 is 11.8 Å². The predicted octanol–water partition coefficient (Wildman–Crippen LogP) is 4.03. The number of carbonyl (C=O) groups excluding carboxylic acids is 2. The molecule has 0 radical (unpaired) electrons. The van der Waals surface area contributed by atoms with Gasteiger partial charge in [-0.3, -0.25) is 14.5 Å². The van der Waals surface area contributed by atoms with Gasteiger partial charge in [0.2, 0.25) is 11.8 Å². The molecule has 0 spiro atoms. The van der Waals surface area contributed by atoms with Crippen LogP contribution in [0.3, 0.4) is 0 Å². The lowest BCUT2D eigenvalue weighted by Crippen LogP contribution is -2.44. The normalized spacial score (nSPS) is 25.1. The van der Waals surface area contributed by atoms with Gasteiger partial charge in [-0.05, 0) is 61.4 Å². The fourth-order valence-corrected chi connectivity index (χ4v) is 6.33. The molecule has 6 nitrogen and oxygen atoms in total. The maximum atomic E-state index is 13.7. The summed E-state index contributed by atoms with van der Waals surface area (Å²) in [7, 11) is 0. The summed E-state index contributed by atoms with van der Waals surface area (Å²) in [6, 6.07) is 18.5. The molecule has 2 aromatic rings. The smallest absolute Gasteiger partial charge is 0.226 e. The van der Waals surface area contributed by atoms with Gasteiger partial charge < -0.3 is 10.2 Å². The van der Waals surface area contributed by atoms with Crippen LogP contribution in [0, 0.1) is 23.2 Å². The Balaban J connectivity index is 1.38. The van der Waals surface area contributed by atoms with Gasteiger partial charge >= 0.3 is 0 Å². The van der Waals surface area contributed by atoms with E-state index in [4.69, 9.17) is 0 Å². The number of fused-ring (bicyclic) bond motifs is 2. The van der Waals surface area contributed by atoms with Crippen molar-refractivity contribution in [3.63, 3.8) is 0 Å². The number of nitrogens with zero attached hydrogens (tertiary/aromatic N) is 3. The second kappa shape index (κ2) is 11.3. The van der Waals surface area contributed by atoms with Crippen LogP contribution in [0.15, 0.2) is 48.5 Å². The molecule has 1 saturated carbocycles. The van der Waals surface area contributed by atoms with Gasteiger partial charge in [0.05, 0.1) is 17.6 Å². The highest BCUT2D eigenvalue weighted by Crippen LogP contribution is 2.38. The molecule has 0 aromatic heterocycles. The van der Waals surface area contributed by atoms with Crippen LogP contribution in [-0.2, 0) is 29.1 Å². The van der Waals surface area contributed by atoms with E-state index in [1.165, 1.54) is 11.1 Å². The number of hydrogen-bond donors (Lipinski definition) is 1. The molecule has 0 unspecified atom stereocenters. The van der Waals surface area contributed by atoms with Crippen molar-refractivity contribution in [2.24, 2.45) is 11.8 Å². The van der Waals surface area contributed by atoms with E-state index in [1.54, 1.807) is 0 Å². The van der Waals surface area contributed by atoms with Crippen molar-refractivity contribution in [3.8, 4) is 6.07 Å². The van der Waals surface area contributed by atoms with E-state index in [-0.39, 0.29) is 29.7 Å². The number of nitrogens with one attached hydrogen (secondary N) is 1. The summed E-state index contributed by atoms with van der Waals surface area (Å²) >= 11 is 0. The Bertz CT molecular complexity index is 1140. The van der Waals surface area contributed by atoms with Gasteiger partial charge in [-0.15, -0.1) is 0 Å². The van der Waals surface area contributed by atoms with E-state index in [2.05, 4.69) is 34.5 Å². The lowest BCUT2D eigenvalue weighted by Gasteiger charge is -2.33. The largest absolute Gasteiger partial charge is 0.356 e. The van der Waals surface area contributed by atoms with Gasteiger partial charge in [-0.2, -0.15) is 5.26 Å². The first-order valence-corrected chi connectivity index (χ1v) is 13.5. The van der Waals surface area contributed by atoms with Gasteiger partial charge in [-0.25, -0.2) is 0 Å². The van der Waals surface area contributed by atoms with E-state index in [0.29, 0.717) is 38.0 Å². The summed E-state index contributed by atoms with van der Waals surface area (Å²) in [4.78, 5) is 31.5. The molecule has 2 aliphatic heterocycles. The fourth-order valence-electron chi connectivity index (χ4n) is 6.33. The highest BCUT2D eigenvalue weighted by atomic mass is 16.2. The number of carbonyl (C=O) groups is 2. The number of amides is 2. The van der Waals surface area contributed by atoms with Gasteiger partial charge in [0.25, 0.3) is 0 Å². The zero-order chi connectivity index (χ0) is 24.9. The van der Waals surface area contributed by atoms with Crippen LogP contribution < -0.4 is 5.32 Å². The zero-order valence-corrected chi connectivity index (χ0v) is 21.0. The summed E-state index contributed by atoms with van der Waals surface area (Å²) in [5.41, 5.74) is 4.25. The minimum atomic E-state index is -0.205. The molecule has 3 atom stereocenters. The van der Waals surface area contributed by atoms with Crippen molar-refractivity contribution in [2.45, 2.75) is 64.1 Å². The molecule has 5 rings (SSSR count). The van der Waals surface area contributed by atoms with Crippen LogP contribution in [0.1, 0.15) is 60.8 Å². The molecule has 2 fully saturated rings. The number of rotatable bonds is 3. The van der Waals surface area contributed by atoms with E-state index >= 15 is 0 Å². The minimum absolute atomic E-state index is 0.000811. The van der Waals surface area contributed by atoms with Crippen molar-refractivity contribution in [3.05, 3.63) is 70.8 Å². The van der Waals surface area contributed by atoms with E-state index in [9.17, 15) is 14.9 Å². The monoisotopic (exact) mass is 484 g/mol. The molecule has 1 aliphatic carbocycles. The van der Waals surface area contributed by atoms with Gasteiger partial charge in [0, 0.05) is 38.1 Å². The summed E-state index contributed by atoms with van der Waals surface area (Å²) in [5.74, 6) is -0.0786. The predicted molar refractivity (Wildman–Crippen MR) is 139 cm³/mol. The van der Waals surface area contributed by atoms with E-state index in [0.717, 1.165) is 50.8 Å². The molecule has 1 N–H and O–H groups in total. The first kappa shape index (κ1) is 24.5. The Labute approximate surface area is 214 Å². The third-order valence-corrected chi connectivity index (χ3v) is 8.31. The average Bonchev–Trinajstić information content (AvgIpc) is 3.35. The molecule has 2 amide bonds. The lowest BCUT2D eigenvalue weighted by molar-refractivity contribution is -0.136. The maximum Gasteiger partial charge on any atom is 0.226 e. The van der Waals surface area contributed by atoms with Crippen molar-refractivity contribution in [1.82, 2.24) is 15.1 Å². The molecule has 188 valence electrons. The van der Waals surface area contributed by atoms with Gasteiger partial charge in [0.15, 0.2) is 0 Å². The summed E-state index contributed by atoms with van der Waals surface area (Å²) in [5, 5.41) is 12.8. The van der Waals surface area contributed by atoms with Crippen LogP contribution in [0.4, 0.5) is 0 Å². The average molecular weight is 485 g/mol. The number of nitriles is 1. The summed E-state index contributed by atoms with van der Waals surface area (Å²) < 4.78 is 0. The third-order valence-electron chi connectivity index (χ3n) is 8.31. The van der Waals surface area contributed by atoms with Crippen LogP contribution in [0.25, 0.3) is 0 Å². The Kier molecular flexibility index (Phi) is 7.67. The van der Waals surface area contributed by atoms with Crippen molar-refractivity contribution < 1.29 is 9.59 Å². The highest BCUT2D eigenvalue weighted by molar-refractivity contribution is 5.84. The van der Waals surface area contributed by atoms with Crippen LogP contribution >= 0.6 is 0 Å². The molecule has 2 aromatic carbocycles. The highest BCUT2D eigenvalue weighted by Gasteiger charge is 2.45. The molecule has 1 saturated heterocycles. The fraction of sp³-hybridized carbons (Fsp3) is 0.500. The molecule has 36 heavy (non-hydrogen) atoms. The summed E-state index contributed by atoms with van der Waals surface area (Å²) in [6.07, 6.45) is 6.48. The third kappa shape index (κ3) is 5.32. The SMILES string of the molecule is N#Cc1ccccc1CN1CCCCCCNC(=O)[C@@H]2C[C@@H](C(=O)N3CCc4ccccc4C3)C[C@@H]21. The molecule has 2 heterocycles. The first-order valence-electron chi connectivity index (χ1n) is 13.5. The number of hydrogen-bond acceptors (Lipinski definition) is 4. The molecule has 6 heteroatoms. The Morgan fingerprint density at radius 3 is 2.61 bits per heavy atom. The van der Waals surface area contributed by atoms with Crippen LogP contribution in [0.5, 0.6) is 0 Å². The number of benzene rings is 2. The topological polar surface area (TPSA) is 76.4 Å². The molecular weight excluding hydrogens is 448 g/mol. The van der Waals surface area contributed by atoms with E-state index in [1.807, 2.05) is 35.2 Å². The zero-order valence-electron chi connectivity index (χ0n) is 21.0. The molecule has 0 bridgehead atoms. The Morgan fingerprint density at radius 2 is 1.75 bits per heavy atom. The maximum absolute atomic E-state index is 13.7. The summed E-state index contributed by atoms with van der Waals surface area (Å²) in [6.45, 7) is 3.63. The molecule has 3 aliphatic rings. The quantitative estimate of drug-likeness (QED) is 0.714. The second-order valence-corrected chi connectivity index (χ2v) is 10.6.